The van der Waals surface area contributed by atoms with Crippen LogP contribution in [0.25, 0.3) is 10.9 Å². The Morgan fingerprint density at radius 3 is 2.88 bits per heavy atom. The summed E-state index contributed by atoms with van der Waals surface area (Å²) >= 11 is 0. The molecule has 4 rings (SSSR count). The number of benzene rings is 1. The van der Waals surface area contributed by atoms with Crippen molar-refractivity contribution < 1.29 is 14.6 Å². The predicted octanol–water partition coefficient (Wildman–Crippen LogP) is 2.63. The molecule has 1 aliphatic heterocycles. The first-order valence-corrected chi connectivity index (χ1v) is 9.06. The van der Waals surface area contributed by atoms with Crippen molar-refractivity contribution in [3.05, 3.63) is 35.5 Å². The van der Waals surface area contributed by atoms with Crippen LogP contribution in [-0.2, 0) is 11.8 Å². The molecular weight excluding hydrogens is 316 g/mol. The van der Waals surface area contributed by atoms with Crippen LogP contribution in [-0.4, -0.2) is 51.9 Å². The van der Waals surface area contributed by atoms with Crippen LogP contribution in [0, 0.1) is 6.92 Å². The van der Waals surface area contributed by atoms with Crippen molar-refractivity contribution in [3.8, 4) is 0 Å². The summed E-state index contributed by atoms with van der Waals surface area (Å²) in [5, 5.41) is 11.3. The molecule has 5 nitrogen and oxygen atoms in total. The Morgan fingerprint density at radius 1 is 1.36 bits per heavy atom. The number of hydrogen-bond donors (Lipinski definition) is 1. The normalized spacial score (nSPS) is 29.2. The van der Waals surface area contributed by atoms with Crippen LogP contribution < -0.4 is 0 Å². The number of hydrogen-bond acceptors (Lipinski definition) is 3. The first-order valence-electron chi connectivity index (χ1n) is 9.06. The molecule has 1 N–H and O–H groups in total. The van der Waals surface area contributed by atoms with Crippen LogP contribution in [0.1, 0.15) is 41.7 Å². The van der Waals surface area contributed by atoms with Gasteiger partial charge >= 0.3 is 0 Å². The van der Waals surface area contributed by atoms with Crippen molar-refractivity contribution >= 4 is 16.8 Å². The number of aryl methyl sites for hydroxylation is 2. The molecule has 25 heavy (non-hydrogen) atoms. The number of methoxy groups -OCH3 is 1. The van der Waals surface area contributed by atoms with E-state index in [0.717, 1.165) is 30.2 Å². The van der Waals surface area contributed by atoms with Crippen molar-refractivity contribution in [2.24, 2.45) is 7.05 Å². The minimum atomic E-state index is -0.351. The summed E-state index contributed by atoms with van der Waals surface area (Å²) in [6.07, 6.45) is 2.65. The van der Waals surface area contributed by atoms with Crippen LogP contribution in [0.3, 0.4) is 0 Å². The third kappa shape index (κ3) is 2.41. The first-order chi connectivity index (χ1) is 12.0. The Hall–Kier alpha value is -1.85. The van der Waals surface area contributed by atoms with Crippen molar-refractivity contribution in [3.63, 3.8) is 0 Å². The van der Waals surface area contributed by atoms with Crippen molar-refractivity contribution in [2.45, 2.75) is 50.4 Å². The zero-order valence-electron chi connectivity index (χ0n) is 15.2. The smallest absolute Gasteiger partial charge is 0.270 e. The molecule has 2 fully saturated rings. The number of rotatable bonds is 2. The molecular formula is C20H26N2O3. The van der Waals surface area contributed by atoms with Crippen LogP contribution >= 0.6 is 0 Å². The Balaban J connectivity index is 1.72. The number of fused-ring (bicyclic) bond motifs is 2. The van der Waals surface area contributed by atoms with Gasteiger partial charge in [-0.3, -0.25) is 4.79 Å². The largest absolute Gasteiger partial charge is 0.393 e. The third-order valence-corrected chi connectivity index (χ3v) is 6.35. The van der Waals surface area contributed by atoms with E-state index in [1.165, 1.54) is 5.56 Å². The maximum Gasteiger partial charge on any atom is 0.270 e. The summed E-state index contributed by atoms with van der Waals surface area (Å²) in [5.41, 5.74) is 2.66. The number of carbonyl (C=O) groups excluding carboxylic acids is 1. The highest BCUT2D eigenvalue weighted by Gasteiger charge is 2.52. The minimum Gasteiger partial charge on any atom is -0.393 e. The van der Waals surface area contributed by atoms with Gasteiger partial charge in [-0.05, 0) is 50.3 Å². The summed E-state index contributed by atoms with van der Waals surface area (Å²) in [6, 6.07) is 8.09. The highest BCUT2D eigenvalue weighted by Crippen LogP contribution is 2.43. The number of likely N-dealkylation sites (tertiary alicyclic amines) is 1. The fourth-order valence-corrected chi connectivity index (χ4v) is 4.78. The van der Waals surface area contributed by atoms with E-state index in [0.29, 0.717) is 18.7 Å². The molecule has 1 aromatic heterocycles. The predicted molar refractivity (Wildman–Crippen MR) is 96.7 cm³/mol. The highest BCUT2D eigenvalue weighted by atomic mass is 16.5. The molecule has 0 spiro atoms. The molecule has 1 aromatic carbocycles. The van der Waals surface area contributed by atoms with E-state index in [1.807, 2.05) is 34.7 Å². The van der Waals surface area contributed by atoms with E-state index >= 15 is 0 Å². The Bertz CT molecular complexity index is 828. The monoisotopic (exact) mass is 342 g/mol. The second-order valence-electron chi connectivity index (χ2n) is 7.56. The SMILES string of the molecule is CO[C@@]12CCC(O)CC1N(C(=O)c1cc3c(C)cccc3n1C)CC2. The van der Waals surface area contributed by atoms with E-state index in [-0.39, 0.29) is 23.7 Å². The quantitative estimate of drug-likeness (QED) is 0.913. The Labute approximate surface area is 148 Å². The van der Waals surface area contributed by atoms with E-state index in [4.69, 9.17) is 4.74 Å². The topological polar surface area (TPSA) is 54.7 Å². The lowest BCUT2D eigenvalue weighted by atomic mass is 9.79. The van der Waals surface area contributed by atoms with E-state index in [9.17, 15) is 9.90 Å². The lowest BCUT2D eigenvalue weighted by Gasteiger charge is -2.42. The van der Waals surface area contributed by atoms with Crippen molar-refractivity contribution in [1.82, 2.24) is 9.47 Å². The van der Waals surface area contributed by atoms with E-state index < -0.39 is 0 Å². The van der Waals surface area contributed by atoms with Gasteiger partial charge in [0.05, 0.1) is 17.7 Å². The van der Waals surface area contributed by atoms with Gasteiger partial charge in [-0.2, -0.15) is 0 Å². The van der Waals surface area contributed by atoms with E-state index in [2.05, 4.69) is 13.0 Å². The average Bonchev–Trinajstić information content (AvgIpc) is 3.14. The van der Waals surface area contributed by atoms with Gasteiger partial charge in [0.15, 0.2) is 0 Å². The van der Waals surface area contributed by atoms with Gasteiger partial charge in [0.25, 0.3) is 5.91 Å². The molecule has 2 unspecified atom stereocenters. The Morgan fingerprint density at radius 2 is 2.16 bits per heavy atom. The molecule has 134 valence electrons. The van der Waals surface area contributed by atoms with Gasteiger partial charge in [-0.15, -0.1) is 0 Å². The summed E-state index contributed by atoms with van der Waals surface area (Å²) in [7, 11) is 3.68. The summed E-state index contributed by atoms with van der Waals surface area (Å²) in [6.45, 7) is 2.75. The zero-order chi connectivity index (χ0) is 17.8. The summed E-state index contributed by atoms with van der Waals surface area (Å²) < 4.78 is 7.85. The van der Waals surface area contributed by atoms with Gasteiger partial charge < -0.3 is 19.3 Å². The summed E-state index contributed by atoms with van der Waals surface area (Å²) in [5.74, 6) is 0.0381. The standard InChI is InChI=1S/C20H26N2O3/c1-13-5-4-6-16-15(13)12-17(21(16)2)19(24)22-10-9-20(25-3)8-7-14(23)11-18(20)22/h4-6,12,14,18,23H,7-11H2,1-3H3/t14?,18?,20-/m1/s1. The molecule has 1 aliphatic carbocycles. The van der Waals surface area contributed by atoms with Crippen LogP contribution in [0.15, 0.2) is 24.3 Å². The second kappa shape index (κ2) is 5.85. The fraction of sp³-hybridized carbons (Fsp3) is 0.550. The average molecular weight is 342 g/mol. The van der Waals surface area contributed by atoms with Gasteiger partial charge in [0, 0.05) is 31.6 Å². The van der Waals surface area contributed by atoms with Crippen LogP contribution in [0.4, 0.5) is 0 Å². The van der Waals surface area contributed by atoms with Gasteiger partial charge in [0.1, 0.15) is 5.69 Å². The number of aromatic nitrogens is 1. The number of ether oxygens (including phenoxy) is 1. The van der Waals surface area contributed by atoms with Gasteiger partial charge in [-0.1, -0.05) is 12.1 Å². The number of amides is 1. The molecule has 2 aliphatic rings. The molecule has 1 saturated heterocycles. The molecule has 1 saturated carbocycles. The lowest BCUT2D eigenvalue weighted by Crippen LogP contribution is -2.53. The zero-order valence-corrected chi connectivity index (χ0v) is 15.2. The number of aliphatic hydroxyl groups is 1. The van der Waals surface area contributed by atoms with Crippen LogP contribution in [0.5, 0.6) is 0 Å². The molecule has 2 aromatic rings. The van der Waals surface area contributed by atoms with Crippen molar-refractivity contribution in [2.75, 3.05) is 13.7 Å². The third-order valence-electron chi connectivity index (χ3n) is 6.35. The fourth-order valence-electron chi connectivity index (χ4n) is 4.78. The van der Waals surface area contributed by atoms with Gasteiger partial charge in [0.2, 0.25) is 0 Å². The minimum absolute atomic E-state index is 0.0381. The molecule has 1 amide bonds. The highest BCUT2D eigenvalue weighted by molar-refractivity contribution is 5.99. The second-order valence-corrected chi connectivity index (χ2v) is 7.56. The van der Waals surface area contributed by atoms with Crippen LogP contribution in [0.2, 0.25) is 0 Å². The van der Waals surface area contributed by atoms with Crippen molar-refractivity contribution in [1.29, 1.82) is 0 Å². The first kappa shape index (κ1) is 16.6. The molecule has 3 atom stereocenters. The van der Waals surface area contributed by atoms with E-state index in [1.54, 1.807) is 7.11 Å². The number of aliphatic hydroxyl groups excluding tert-OH is 1. The molecule has 5 heteroatoms. The Kier molecular flexibility index (Phi) is 3.89. The van der Waals surface area contributed by atoms with Gasteiger partial charge in [-0.25, -0.2) is 0 Å². The number of carbonyl (C=O) groups is 1. The number of nitrogens with zero attached hydrogens (tertiary/aromatic N) is 2. The maximum atomic E-state index is 13.3. The molecule has 0 bridgehead atoms. The molecule has 2 heterocycles. The summed E-state index contributed by atoms with van der Waals surface area (Å²) in [4.78, 5) is 15.3. The molecule has 0 radical (unpaired) electrons. The maximum absolute atomic E-state index is 13.3. The lowest BCUT2D eigenvalue weighted by molar-refractivity contribution is -0.0825.